The molecule has 1 atom stereocenters. The average molecular weight is 422 g/mol. The molecule has 0 amide bonds. The number of nitrogens with one attached hydrogen (secondary N) is 1. The third-order valence-electron chi connectivity index (χ3n) is 5.11. The summed E-state index contributed by atoms with van der Waals surface area (Å²) in [5, 5.41) is 25.0. The lowest BCUT2D eigenvalue weighted by atomic mass is 10.0. The van der Waals surface area contributed by atoms with Gasteiger partial charge in [0.1, 0.15) is 11.6 Å². The maximum Gasteiger partial charge on any atom is 0.401 e. The van der Waals surface area contributed by atoms with Crippen LogP contribution >= 0.6 is 11.3 Å². The molecule has 4 rings (SSSR count). The first kappa shape index (κ1) is 19.9. The van der Waals surface area contributed by atoms with Gasteiger partial charge in [-0.2, -0.15) is 13.2 Å². The van der Waals surface area contributed by atoms with Crippen LogP contribution in [0.2, 0.25) is 0 Å². The van der Waals surface area contributed by atoms with E-state index in [0.29, 0.717) is 36.6 Å². The van der Waals surface area contributed by atoms with E-state index in [1.807, 2.05) is 36.6 Å². The first-order valence-corrected chi connectivity index (χ1v) is 10.3. The Balaban J connectivity index is 1.50. The van der Waals surface area contributed by atoms with Crippen LogP contribution in [0.1, 0.15) is 18.4 Å². The van der Waals surface area contributed by atoms with E-state index in [4.69, 9.17) is 0 Å². The summed E-state index contributed by atoms with van der Waals surface area (Å²) in [5.74, 6) is 0.707. The molecule has 154 valence electrons. The Kier molecular flexibility index (Phi) is 5.35. The summed E-state index contributed by atoms with van der Waals surface area (Å²) >= 11 is 1.55. The highest BCUT2D eigenvalue weighted by molar-refractivity contribution is 7.17. The summed E-state index contributed by atoms with van der Waals surface area (Å²) in [4.78, 5) is 1.42. The van der Waals surface area contributed by atoms with Gasteiger partial charge >= 0.3 is 6.18 Å². The van der Waals surface area contributed by atoms with Crippen LogP contribution in [0.4, 0.5) is 19.0 Å². The average Bonchev–Trinajstić information content (AvgIpc) is 3.11. The maximum atomic E-state index is 12.7. The monoisotopic (exact) mass is 422 g/mol. The Morgan fingerprint density at radius 2 is 2.10 bits per heavy atom. The third-order valence-corrected chi connectivity index (χ3v) is 5.99. The number of alkyl halides is 3. The fourth-order valence-electron chi connectivity index (χ4n) is 3.82. The zero-order chi connectivity index (χ0) is 20.6. The molecule has 5 nitrogen and oxygen atoms in total. The largest absolute Gasteiger partial charge is 0.507 e. The zero-order valence-electron chi connectivity index (χ0n) is 15.8. The topological polar surface area (TPSA) is 61.3 Å². The number of benzene rings is 1. The number of phenols is 1. The molecule has 0 radical (unpaired) electrons. The summed E-state index contributed by atoms with van der Waals surface area (Å²) in [7, 11) is 0. The fourth-order valence-corrected chi connectivity index (χ4v) is 4.61. The number of piperidine rings is 1. The molecule has 1 aromatic carbocycles. The van der Waals surface area contributed by atoms with Crippen LogP contribution in [-0.4, -0.2) is 52.1 Å². The number of hydrogen-bond donors (Lipinski definition) is 2. The summed E-state index contributed by atoms with van der Waals surface area (Å²) in [6.45, 7) is 1.76. The summed E-state index contributed by atoms with van der Waals surface area (Å²) in [6, 6.07) is 7.35. The lowest BCUT2D eigenvalue weighted by Gasteiger charge is -2.33. The Hall–Kier alpha value is -2.39. The lowest BCUT2D eigenvalue weighted by molar-refractivity contribution is -0.147. The number of likely N-dealkylation sites (tertiary alicyclic amines) is 1. The number of hydrogen-bond acceptors (Lipinski definition) is 6. The van der Waals surface area contributed by atoms with E-state index < -0.39 is 12.7 Å². The fraction of sp³-hybridized carbons (Fsp3) is 0.400. The molecule has 1 aliphatic heterocycles. The Morgan fingerprint density at radius 3 is 2.86 bits per heavy atom. The number of rotatable bonds is 4. The van der Waals surface area contributed by atoms with Crippen molar-refractivity contribution in [2.45, 2.75) is 32.0 Å². The number of halogens is 3. The van der Waals surface area contributed by atoms with Crippen LogP contribution in [0.15, 0.2) is 29.6 Å². The van der Waals surface area contributed by atoms with E-state index in [1.165, 1.54) is 4.90 Å². The number of aryl methyl sites for hydroxylation is 1. The number of nitrogens with zero attached hydrogens (tertiary/aromatic N) is 3. The molecule has 1 aliphatic rings. The van der Waals surface area contributed by atoms with Crippen molar-refractivity contribution < 1.29 is 18.3 Å². The molecule has 1 unspecified atom stereocenters. The minimum atomic E-state index is -4.19. The van der Waals surface area contributed by atoms with Gasteiger partial charge in [0, 0.05) is 28.2 Å². The smallest absolute Gasteiger partial charge is 0.401 e. The molecule has 3 heterocycles. The van der Waals surface area contributed by atoms with Gasteiger partial charge < -0.3 is 10.4 Å². The van der Waals surface area contributed by atoms with Crippen LogP contribution in [0.5, 0.6) is 5.75 Å². The summed E-state index contributed by atoms with van der Waals surface area (Å²) in [5.41, 5.74) is 2.03. The van der Waals surface area contributed by atoms with Gasteiger partial charge in [0.05, 0.1) is 12.2 Å². The van der Waals surface area contributed by atoms with E-state index in [9.17, 15) is 18.3 Å². The zero-order valence-corrected chi connectivity index (χ0v) is 16.6. The number of aromatic hydroxyl groups is 1. The SMILES string of the molecule is Cc1cc(NC2CCCN(CC(F)(F)F)C2)nnc1-c1ccc2sccc2c1O. The van der Waals surface area contributed by atoms with E-state index in [2.05, 4.69) is 15.5 Å². The van der Waals surface area contributed by atoms with Crippen LogP contribution in [0, 0.1) is 6.92 Å². The van der Waals surface area contributed by atoms with Crippen molar-refractivity contribution in [3.05, 3.63) is 35.2 Å². The second-order valence-electron chi connectivity index (χ2n) is 7.39. The predicted molar refractivity (Wildman–Crippen MR) is 108 cm³/mol. The highest BCUT2D eigenvalue weighted by atomic mass is 32.1. The van der Waals surface area contributed by atoms with Gasteiger partial charge in [0.15, 0.2) is 0 Å². The molecule has 0 saturated carbocycles. The number of aromatic nitrogens is 2. The van der Waals surface area contributed by atoms with E-state index in [-0.39, 0.29) is 11.8 Å². The summed E-state index contributed by atoms with van der Waals surface area (Å²) in [6.07, 6.45) is -2.70. The molecule has 0 aliphatic carbocycles. The standard InChI is InChI=1S/C20H21F3N4OS/c1-12-9-17(24-13-3-2-7-27(10-13)11-20(21,22)23)25-26-18(12)15-4-5-16-14(19(15)28)6-8-29-16/h4-6,8-9,13,28H,2-3,7,10-11H2,1H3,(H,24,25). The number of phenolic OH excluding ortho intramolecular Hbond substituents is 1. The van der Waals surface area contributed by atoms with Crippen molar-refractivity contribution in [1.82, 2.24) is 15.1 Å². The van der Waals surface area contributed by atoms with Crippen LogP contribution < -0.4 is 5.32 Å². The van der Waals surface area contributed by atoms with Crippen molar-refractivity contribution in [3.63, 3.8) is 0 Å². The molecule has 0 spiro atoms. The van der Waals surface area contributed by atoms with Gasteiger partial charge in [-0.3, -0.25) is 4.90 Å². The molecular formula is C20H21F3N4OS. The molecule has 9 heteroatoms. The number of anilines is 1. The molecular weight excluding hydrogens is 401 g/mol. The number of fused-ring (bicyclic) bond motifs is 1. The van der Waals surface area contributed by atoms with E-state index in [0.717, 1.165) is 22.1 Å². The van der Waals surface area contributed by atoms with Gasteiger partial charge in [-0.05, 0) is 61.5 Å². The van der Waals surface area contributed by atoms with Crippen LogP contribution in [0.3, 0.4) is 0 Å². The molecule has 1 fully saturated rings. The first-order chi connectivity index (χ1) is 13.8. The lowest BCUT2D eigenvalue weighted by Crippen LogP contribution is -2.45. The molecule has 29 heavy (non-hydrogen) atoms. The van der Waals surface area contributed by atoms with Gasteiger partial charge in [-0.25, -0.2) is 0 Å². The maximum absolute atomic E-state index is 12.7. The van der Waals surface area contributed by atoms with E-state index in [1.54, 1.807) is 11.3 Å². The first-order valence-electron chi connectivity index (χ1n) is 9.40. The van der Waals surface area contributed by atoms with Gasteiger partial charge in [-0.1, -0.05) is 0 Å². The second-order valence-corrected chi connectivity index (χ2v) is 8.34. The van der Waals surface area contributed by atoms with Crippen LogP contribution in [-0.2, 0) is 0 Å². The van der Waals surface area contributed by atoms with Crippen molar-refractivity contribution >= 4 is 27.2 Å². The molecule has 3 aromatic rings. The highest BCUT2D eigenvalue weighted by Crippen LogP contribution is 2.38. The van der Waals surface area contributed by atoms with Crippen molar-refractivity contribution in [1.29, 1.82) is 0 Å². The Morgan fingerprint density at radius 1 is 1.28 bits per heavy atom. The normalized spacial score (nSPS) is 18.3. The predicted octanol–water partition coefficient (Wildman–Crippen LogP) is 4.81. The number of thiophene rings is 1. The molecule has 2 aromatic heterocycles. The Bertz CT molecular complexity index is 1020. The minimum Gasteiger partial charge on any atom is -0.507 e. The van der Waals surface area contributed by atoms with Gasteiger partial charge in [0.25, 0.3) is 0 Å². The quantitative estimate of drug-likeness (QED) is 0.632. The Labute approximate surface area is 170 Å². The van der Waals surface area contributed by atoms with Crippen molar-refractivity contribution in [2.75, 3.05) is 25.0 Å². The third kappa shape index (κ3) is 4.45. The van der Waals surface area contributed by atoms with Crippen LogP contribution in [0.25, 0.3) is 21.3 Å². The van der Waals surface area contributed by atoms with Gasteiger partial charge in [-0.15, -0.1) is 21.5 Å². The minimum absolute atomic E-state index is 0.110. The molecule has 1 saturated heterocycles. The van der Waals surface area contributed by atoms with E-state index >= 15 is 0 Å². The van der Waals surface area contributed by atoms with Gasteiger partial charge in [0.2, 0.25) is 0 Å². The molecule has 0 bridgehead atoms. The highest BCUT2D eigenvalue weighted by Gasteiger charge is 2.33. The summed E-state index contributed by atoms with van der Waals surface area (Å²) < 4.78 is 39.0. The van der Waals surface area contributed by atoms with Crippen molar-refractivity contribution in [3.8, 4) is 17.0 Å². The second kappa shape index (κ2) is 7.79. The molecule has 2 N–H and O–H groups in total. The van der Waals surface area contributed by atoms with Crippen molar-refractivity contribution in [2.24, 2.45) is 0 Å².